The predicted molar refractivity (Wildman–Crippen MR) is 79.2 cm³/mol. The fourth-order valence-corrected chi connectivity index (χ4v) is 4.11. The van der Waals surface area contributed by atoms with Gasteiger partial charge in [0.25, 0.3) is 0 Å². The molecule has 2 nitrogen and oxygen atoms in total. The molecule has 0 heterocycles. The van der Waals surface area contributed by atoms with Crippen molar-refractivity contribution in [3.8, 4) is 0 Å². The fourth-order valence-electron chi connectivity index (χ4n) is 4.11. The summed E-state index contributed by atoms with van der Waals surface area (Å²) in [6, 6.07) is 0. The molecule has 0 aromatic heterocycles. The smallest absolute Gasteiger partial charge is 0.0752 e. The van der Waals surface area contributed by atoms with Gasteiger partial charge in [-0.05, 0) is 56.3 Å². The topological polar surface area (TPSA) is 18.5 Å². The molecule has 0 N–H and O–H groups in total. The van der Waals surface area contributed by atoms with Crippen molar-refractivity contribution in [2.24, 2.45) is 17.8 Å². The summed E-state index contributed by atoms with van der Waals surface area (Å²) in [5.41, 5.74) is 0. The van der Waals surface area contributed by atoms with Crippen LogP contribution in [0.3, 0.4) is 0 Å². The molecule has 0 aliphatic heterocycles. The van der Waals surface area contributed by atoms with Crippen LogP contribution in [-0.2, 0) is 9.47 Å². The molecule has 110 valence electrons. The standard InChI is InChI=1S/C17H30O2/c1-4-17(13-5-9-15(18-2)10-6-13)14-7-11-16(19-3)12-8-14/h5,9,13-17H,4,6-8,10-12H2,1-3H3. The van der Waals surface area contributed by atoms with Crippen LogP contribution in [0.1, 0.15) is 51.9 Å². The first-order chi connectivity index (χ1) is 9.28. The highest BCUT2D eigenvalue weighted by Gasteiger charge is 2.31. The second kappa shape index (κ2) is 7.44. The summed E-state index contributed by atoms with van der Waals surface area (Å²) in [5, 5.41) is 0. The SMILES string of the molecule is CCC(C1C=CC(OC)CC1)C1CCC(OC)CC1. The lowest BCUT2D eigenvalue weighted by Gasteiger charge is -2.38. The van der Waals surface area contributed by atoms with Gasteiger partial charge in [-0.3, -0.25) is 0 Å². The molecule has 2 aliphatic rings. The summed E-state index contributed by atoms with van der Waals surface area (Å²) >= 11 is 0. The molecule has 0 radical (unpaired) electrons. The van der Waals surface area contributed by atoms with Crippen molar-refractivity contribution in [1.82, 2.24) is 0 Å². The Morgan fingerprint density at radius 3 is 2.16 bits per heavy atom. The molecule has 1 fully saturated rings. The first-order valence-corrected chi connectivity index (χ1v) is 8.02. The maximum atomic E-state index is 5.50. The van der Waals surface area contributed by atoms with E-state index in [4.69, 9.17) is 9.47 Å². The van der Waals surface area contributed by atoms with E-state index < -0.39 is 0 Å². The molecule has 0 aromatic rings. The van der Waals surface area contributed by atoms with Gasteiger partial charge in [-0.15, -0.1) is 0 Å². The van der Waals surface area contributed by atoms with Crippen LogP contribution in [0.2, 0.25) is 0 Å². The third-order valence-electron chi connectivity index (χ3n) is 5.34. The lowest BCUT2D eigenvalue weighted by molar-refractivity contribution is 0.0377. The van der Waals surface area contributed by atoms with Gasteiger partial charge >= 0.3 is 0 Å². The summed E-state index contributed by atoms with van der Waals surface area (Å²) in [6.45, 7) is 2.36. The van der Waals surface area contributed by atoms with Crippen LogP contribution in [0.15, 0.2) is 12.2 Å². The number of allylic oxidation sites excluding steroid dienone is 1. The minimum absolute atomic E-state index is 0.359. The highest BCUT2D eigenvalue weighted by molar-refractivity contribution is 5.02. The van der Waals surface area contributed by atoms with Crippen LogP contribution in [0, 0.1) is 17.8 Å². The first kappa shape index (κ1) is 15.1. The second-order valence-electron chi connectivity index (χ2n) is 6.24. The minimum Gasteiger partial charge on any atom is -0.381 e. The first-order valence-electron chi connectivity index (χ1n) is 8.02. The van der Waals surface area contributed by atoms with Crippen molar-refractivity contribution in [3.05, 3.63) is 12.2 Å². The summed E-state index contributed by atoms with van der Waals surface area (Å²) in [4.78, 5) is 0. The second-order valence-corrected chi connectivity index (χ2v) is 6.24. The van der Waals surface area contributed by atoms with Crippen molar-refractivity contribution in [2.75, 3.05) is 14.2 Å². The molecule has 0 saturated heterocycles. The Morgan fingerprint density at radius 1 is 0.947 bits per heavy atom. The molecular formula is C17H30O2. The zero-order chi connectivity index (χ0) is 13.7. The van der Waals surface area contributed by atoms with E-state index in [-0.39, 0.29) is 0 Å². The number of ether oxygens (including phenoxy) is 2. The van der Waals surface area contributed by atoms with Crippen LogP contribution < -0.4 is 0 Å². The number of hydrogen-bond acceptors (Lipinski definition) is 2. The van der Waals surface area contributed by atoms with Crippen LogP contribution in [0.4, 0.5) is 0 Å². The molecule has 2 heteroatoms. The molecule has 0 amide bonds. The molecule has 19 heavy (non-hydrogen) atoms. The van der Waals surface area contributed by atoms with E-state index >= 15 is 0 Å². The molecule has 2 rings (SSSR count). The monoisotopic (exact) mass is 266 g/mol. The number of rotatable bonds is 5. The largest absolute Gasteiger partial charge is 0.381 e. The number of hydrogen-bond donors (Lipinski definition) is 0. The average molecular weight is 266 g/mol. The normalized spacial score (nSPS) is 37.2. The Bertz CT molecular complexity index is 279. The lowest BCUT2D eigenvalue weighted by Crippen LogP contribution is -2.30. The van der Waals surface area contributed by atoms with Crippen molar-refractivity contribution in [1.29, 1.82) is 0 Å². The molecule has 3 atom stereocenters. The Kier molecular flexibility index (Phi) is 5.90. The fraction of sp³-hybridized carbons (Fsp3) is 0.882. The van der Waals surface area contributed by atoms with Crippen LogP contribution in [-0.4, -0.2) is 26.4 Å². The van der Waals surface area contributed by atoms with Gasteiger partial charge in [0.2, 0.25) is 0 Å². The molecular weight excluding hydrogens is 236 g/mol. The average Bonchev–Trinajstić information content (AvgIpc) is 2.49. The van der Waals surface area contributed by atoms with Crippen LogP contribution in [0.25, 0.3) is 0 Å². The molecule has 0 spiro atoms. The maximum absolute atomic E-state index is 5.50. The van der Waals surface area contributed by atoms with E-state index in [2.05, 4.69) is 19.1 Å². The minimum atomic E-state index is 0.359. The molecule has 0 bridgehead atoms. The summed E-state index contributed by atoms with van der Waals surface area (Å²) in [6.07, 6.45) is 14.7. The Morgan fingerprint density at radius 2 is 1.68 bits per heavy atom. The molecule has 1 saturated carbocycles. The van der Waals surface area contributed by atoms with Crippen molar-refractivity contribution in [3.63, 3.8) is 0 Å². The van der Waals surface area contributed by atoms with E-state index in [1.54, 1.807) is 0 Å². The molecule has 2 aliphatic carbocycles. The predicted octanol–water partition coefficient (Wildman–Crippen LogP) is 4.20. The van der Waals surface area contributed by atoms with Crippen molar-refractivity contribution >= 4 is 0 Å². The Hall–Kier alpha value is -0.340. The Labute approximate surface area is 118 Å². The summed E-state index contributed by atoms with van der Waals surface area (Å²) in [7, 11) is 3.68. The van der Waals surface area contributed by atoms with Gasteiger partial charge in [-0.2, -0.15) is 0 Å². The number of methoxy groups -OCH3 is 2. The van der Waals surface area contributed by atoms with Crippen LogP contribution >= 0.6 is 0 Å². The van der Waals surface area contributed by atoms with Gasteiger partial charge in [0.1, 0.15) is 0 Å². The van der Waals surface area contributed by atoms with Gasteiger partial charge in [0.15, 0.2) is 0 Å². The van der Waals surface area contributed by atoms with Gasteiger partial charge in [-0.1, -0.05) is 25.5 Å². The third-order valence-corrected chi connectivity index (χ3v) is 5.34. The highest BCUT2D eigenvalue weighted by atomic mass is 16.5. The van der Waals surface area contributed by atoms with E-state index in [9.17, 15) is 0 Å². The zero-order valence-electron chi connectivity index (χ0n) is 12.8. The van der Waals surface area contributed by atoms with E-state index in [1.807, 2.05) is 14.2 Å². The maximum Gasteiger partial charge on any atom is 0.0752 e. The lowest BCUT2D eigenvalue weighted by atomic mass is 9.70. The van der Waals surface area contributed by atoms with Gasteiger partial charge in [0.05, 0.1) is 12.2 Å². The molecule has 3 unspecified atom stereocenters. The van der Waals surface area contributed by atoms with Crippen LogP contribution in [0.5, 0.6) is 0 Å². The van der Waals surface area contributed by atoms with Gasteiger partial charge in [0, 0.05) is 14.2 Å². The summed E-state index contributed by atoms with van der Waals surface area (Å²) in [5.74, 6) is 2.55. The van der Waals surface area contributed by atoms with Crippen molar-refractivity contribution < 1.29 is 9.47 Å². The molecule has 0 aromatic carbocycles. The van der Waals surface area contributed by atoms with Gasteiger partial charge in [-0.25, -0.2) is 0 Å². The quantitative estimate of drug-likeness (QED) is 0.694. The highest BCUT2D eigenvalue weighted by Crippen LogP contribution is 2.40. The Balaban J connectivity index is 1.90. The van der Waals surface area contributed by atoms with Crippen molar-refractivity contribution in [2.45, 2.75) is 64.1 Å². The van der Waals surface area contributed by atoms with E-state index in [1.165, 1.54) is 44.9 Å². The summed E-state index contributed by atoms with van der Waals surface area (Å²) < 4.78 is 10.9. The van der Waals surface area contributed by atoms with E-state index in [0.29, 0.717) is 12.2 Å². The van der Waals surface area contributed by atoms with Gasteiger partial charge < -0.3 is 9.47 Å². The third kappa shape index (κ3) is 3.82. The van der Waals surface area contributed by atoms with E-state index in [0.717, 1.165) is 17.8 Å². The zero-order valence-corrected chi connectivity index (χ0v) is 12.8.